The molecule has 2 heterocycles. The Morgan fingerprint density at radius 1 is 1.26 bits per heavy atom. The molecule has 0 saturated carbocycles. The number of aliphatic hydroxyl groups is 1. The van der Waals surface area contributed by atoms with E-state index in [0.29, 0.717) is 0 Å². The Labute approximate surface area is 115 Å². The lowest BCUT2D eigenvalue weighted by molar-refractivity contribution is 0.173. The zero-order chi connectivity index (χ0) is 13.2. The van der Waals surface area contributed by atoms with Crippen LogP contribution in [-0.4, -0.2) is 42.2 Å². The maximum Gasteiger partial charge on any atom is 0.0807 e. The highest BCUT2D eigenvalue weighted by molar-refractivity contribution is 5.55. The van der Waals surface area contributed by atoms with E-state index in [0.717, 1.165) is 31.1 Å². The number of nitrogens with zero attached hydrogens (tertiary/aromatic N) is 2. The fourth-order valence-electron chi connectivity index (χ4n) is 3.49. The van der Waals surface area contributed by atoms with Gasteiger partial charge in [0.25, 0.3) is 0 Å². The van der Waals surface area contributed by atoms with Crippen molar-refractivity contribution in [1.29, 1.82) is 0 Å². The summed E-state index contributed by atoms with van der Waals surface area (Å²) in [6, 6.07) is 9.08. The third kappa shape index (κ3) is 2.49. The quantitative estimate of drug-likeness (QED) is 0.904. The summed E-state index contributed by atoms with van der Waals surface area (Å²) in [6.07, 6.45) is 3.12. The van der Waals surface area contributed by atoms with Gasteiger partial charge in [0.1, 0.15) is 0 Å². The first-order valence-corrected chi connectivity index (χ1v) is 7.55. The highest BCUT2D eigenvalue weighted by Gasteiger charge is 2.31. The number of para-hydroxylation sites is 1. The fraction of sp³-hybridized carbons (Fsp3) is 0.625. The second-order valence-corrected chi connectivity index (χ2v) is 5.76. The summed E-state index contributed by atoms with van der Waals surface area (Å²) in [4.78, 5) is 5.09. The molecule has 3 heteroatoms. The van der Waals surface area contributed by atoms with Gasteiger partial charge in [0.05, 0.1) is 6.10 Å². The SMILES string of the molecule is CC[C@@H](O)c1ccccc1N1CCN2CCCC2C1. The monoisotopic (exact) mass is 260 g/mol. The van der Waals surface area contributed by atoms with Crippen molar-refractivity contribution in [1.82, 2.24) is 4.90 Å². The second-order valence-electron chi connectivity index (χ2n) is 5.76. The van der Waals surface area contributed by atoms with Gasteiger partial charge in [-0.25, -0.2) is 0 Å². The van der Waals surface area contributed by atoms with E-state index in [4.69, 9.17) is 0 Å². The lowest BCUT2D eigenvalue weighted by Crippen LogP contribution is -2.50. The van der Waals surface area contributed by atoms with Crippen molar-refractivity contribution >= 4 is 5.69 Å². The van der Waals surface area contributed by atoms with Gasteiger partial charge in [0.2, 0.25) is 0 Å². The van der Waals surface area contributed by atoms with Gasteiger partial charge in [0.15, 0.2) is 0 Å². The predicted octanol–water partition coefficient (Wildman–Crippen LogP) is 2.41. The van der Waals surface area contributed by atoms with Crippen molar-refractivity contribution in [3.8, 4) is 0 Å². The van der Waals surface area contributed by atoms with Crippen LogP contribution >= 0.6 is 0 Å². The molecule has 2 saturated heterocycles. The molecule has 3 rings (SSSR count). The molecule has 1 aromatic carbocycles. The summed E-state index contributed by atoms with van der Waals surface area (Å²) < 4.78 is 0. The highest BCUT2D eigenvalue weighted by atomic mass is 16.3. The van der Waals surface area contributed by atoms with E-state index in [2.05, 4.69) is 28.0 Å². The molecular formula is C16H24N2O. The molecule has 19 heavy (non-hydrogen) atoms. The lowest BCUT2D eigenvalue weighted by atomic mass is 10.0. The van der Waals surface area contributed by atoms with Crippen molar-refractivity contribution < 1.29 is 5.11 Å². The number of rotatable bonds is 3. The molecule has 0 amide bonds. The first kappa shape index (κ1) is 12.9. The summed E-state index contributed by atoms with van der Waals surface area (Å²) in [6.45, 7) is 6.69. The van der Waals surface area contributed by atoms with Crippen LogP contribution in [0.4, 0.5) is 5.69 Å². The summed E-state index contributed by atoms with van der Waals surface area (Å²) in [5.41, 5.74) is 2.33. The van der Waals surface area contributed by atoms with Gasteiger partial charge >= 0.3 is 0 Å². The second kappa shape index (κ2) is 5.51. The van der Waals surface area contributed by atoms with E-state index in [1.807, 2.05) is 13.0 Å². The zero-order valence-electron chi connectivity index (χ0n) is 11.8. The fourth-order valence-corrected chi connectivity index (χ4v) is 3.49. The largest absolute Gasteiger partial charge is 0.388 e. The van der Waals surface area contributed by atoms with Gasteiger partial charge in [0, 0.05) is 36.9 Å². The number of hydrogen-bond donors (Lipinski definition) is 1. The Bertz CT molecular complexity index is 435. The van der Waals surface area contributed by atoms with Gasteiger partial charge < -0.3 is 10.0 Å². The van der Waals surface area contributed by atoms with Gasteiger partial charge in [-0.15, -0.1) is 0 Å². The Morgan fingerprint density at radius 3 is 2.95 bits per heavy atom. The molecule has 0 spiro atoms. The van der Waals surface area contributed by atoms with Crippen LogP contribution in [0.25, 0.3) is 0 Å². The molecule has 2 aliphatic heterocycles. The van der Waals surface area contributed by atoms with Crippen molar-refractivity contribution in [3.63, 3.8) is 0 Å². The molecule has 0 bridgehead atoms. The number of piperazine rings is 1. The normalized spacial score (nSPS) is 25.4. The van der Waals surface area contributed by atoms with E-state index >= 15 is 0 Å². The number of benzene rings is 1. The van der Waals surface area contributed by atoms with E-state index in [1.165, 1.54) is 31.6 Å². The molecule has 2 aliphatic rings. The van der Waals surface area contributed by atoms with Gasteiger partial charge in [-0.05, 0) is 31.9 Å². The van der Waals surface area contributed by atoms with Crippen molar-refractivity contribution in [2.75, 3.05) is 31.1 Å². The molecule has 1 N–H and O–H groups in total. The van der Waals surface area contributed by atoms with Crippen LogP contribution in [0, 0.1) is 0 Å². The molecule has 1 unspecified atom stereocenters. The number of hydrogen-bond acceptors (Lipinski definition) is 3. The maximum atomic E-state index is 10.2. The Morgan fingerprint density at radius 2 is 2.11 bits per heavy atom. The standard InChI is InChI=1S/C16H24N2O/c1-2-16(19)14-7-3-4-8-15(14)18-11-10-17-9-5-6-13(17)12-18/h3-4,7-8,13,16,19H,2,5-6,9-12H2,1H3/t13?,16-/m1/s1. The molecule has 2 atom stereocenters. The smallest absolute Gasteiger partial charge is 0.0807 e. The van der Waals surface area contributed by atoms with E-state index in [9.17, 15) is 5.11 Å². The Hall–Kier alpha value is -1.06. The minimum atomic E-state index is -0.335. The van der Waals surface area contributed by atoms with E-state index < -0.39 is 0 Å². The van der Waals surface area contributed by atoms with Crippen LogP contribution in [0.3, 0.4) is 0 Å². The van der Waals surface area contributed by atoms with Crippen LogP contribution in [0.1, 0.15) is 37.9 Å². The van der Waals surface area contributed by atoms with Gasteiger partial charge in [-0.2, -0.15) is 0 Å². The third-order valence-electron chi connectivity index (χ3n) is 4.61. The maximum absolute atomic E-state index is 10.2. The molecule has 2 fully saturated rings. The van der Waals surface area contributed by atoms with Gasteiger partial charge in [-0.1, -0.05) is 25.1 Å². The van der Waals surface area contributed by atoms with Crippen LogP contribution in [0.15, 0.2) is 24.3 Å². The molecule has 1 aromatic rings. The molecule has 104 valence electrons. The summed E-state index contributed by atoms with van der Waals surface area (Å²) in [7, 11) is 0. The summed E-state index contributed by atoms with van der Waals surface area (Å²) in [5.74, 6) is 0. The molecule has 0 radical (unpaired) electrons. The van der Waals surface area contributed by atoms with Crippen LogP contribution < -0.4 is 4.90 Å². The van der Waals surface area contributed by atoms with Crippen LogP contribution in [0.5, 0.6) is 0 Å². The first-order chi connectivity index (χ1) is 9.29. The average Bonchev–Trinajstić information content (AvgIpc) is 2.93. The Kier molecular flexibility index (Phi) is 3.76. The summed E-state index contributed by atoms with van der Waals surface area (Å²) in [5, 5.41) is 10.2. The number of fused-ring (bicyclic) bond motifs is 1. The van der Waals surface area contributed by atoms with Crippen molar-refractivity contribution in [2.45, 2.75) is 38.3 Å². The average molecular weight is 260 g/mol. The van der Waals surface area contributed by atoms with Crippen molar-refractivity contribution in [2.24, 2.45) is 0 Å². The van der Waals surface area contributed by atoms with Crippen molar-refractivity contribution in [3.05, 3.63) is 29.8 Å². The number of aliphatic hydroxyl groups excluding tert-OH is 1. The first-order valence-electron chi connectivity index (χ1n) is 7.55. The minimum absolute atomic E-state index is 0.335. The minimum Gasteiger partial charge on any atom is -0.388 e. The molecular weight excluding hydrogens is 236 g/mol. The highest BCUT2D eigenvalue weighted by Crippen LogP contribution is 2.31. The molecule has 0 aliphatic carbocycles. The molecule has 3 nitrogen and oxygen atoms in total. The van der Waals surface area contributed by atoms with E-state index in [1.54, 1.807) is 0 Å². The predicted molar refractivity (Wildman–Crippen MR) is 78.5 cm³/mol. The molecule has 0 aromatic heterocycles. The zero-order valence-corrected chi connectivity index (χ0v) is 11.8. The lowest BCUT2D eigenvalue weighted by Gasteiger charge is -2.40. The Balaban J connectivity index is 1.82. The van der Waals surface area contributed by atoms with E-state index in [-0.39, 0.29) is 6.10 Å². The topological polar surface area (TPSA) is 26.7 Å². The van der Waals surface area contributed by atoms with Crippen LogP contribution in [0.2, 0.25) is 0 Å². The summed E-state index contributed by atoms with van der Waals surface area (Å²) >= 11 is 0. The third-order valence-corrected chi connectivity index (χ3v) is 4.61. The van der Waals surface area contributed by atoms with Crippen LogP contribution in [-0.2, 0) is 0 Å². The number of anilines is 1. The van der Waals surface area contributed by atoms with Gasteiger partial charge in [-0.3, -0.25) is 4.90 Å².